The molecule has 0 saturated carbocycles. The molecule has 29 heavy (non-hydrogen) atoms. The summed E-state index contributed by atoms with van der Waals surface area (Å²) >= 11 is 0. The highest BCUT2D eigenvalue weighted by atomic mass is 32.2. The SMILES string of the molecule is C[C@@H]1CN([C@@H](c2cccnc2)c2cccc(O)c2S(=O)(=O)C(F)(F)F)[C@@H](C)CN1. The summed E-state index contributed by atoms with van der Waals surface area (Å²) in [6.45, 7) is 4.90. The highest BCUT2D eigenvalue weighted by molar-refractivity contribution is 7.92. The average Bonchev–Trinajstić information content (AvgIpc) is 2.64. The van der Waals surface area contributed by atoms with Crippen molar-refractivity contribution in [1.82, 2.24) is 15.2 Å². The Bertz CT molecular complexity index is 968. The van der Waals surface area contributed by atoms with Gasteiger partial charge in [0.05, 0.1) is 6.04 Å². The molecule has 0 radical (unpaired) electrons. The van der Waals surface area contributed by atoms with Crippen molar-refractivity contribution in [3.8, 4) is 5.75 Å². The Kier molecular flexibility index (Phi) is 5.88. The summed E-state index contributed by atoms with van der Waals surface area (Å²) in [4.78, 5) is 4.88. The number of aromatic nitrogens is 1. The quantitative estimate of drug-likeness (QED) is 0.778. The number of phenols is 1. The predicted octanol–water partition coefficient (Wildman–Crippen LogP) is 2.85. The fraction of sp³-hybridized carbons (Fsp3) is 0.421. The molecule has 1 aliphatic heterocycles. The summed E-state index contributed by atoms with van der Waals surface area (Å²) in [5.74, 6) is -0.926. The first-order chi connectivity index (χ1) is 13.5. The summed E-state index contributed by atoms with van der Waals surface area (Å²) in [7, 11) is -5.77. The van der Waals surface area contributed by atoms with Gasteiger partial charge >= 0.3 is 5.51 Å². The molecule has 0 amide bonds. The van der Waals surface area contributed by atoms with E-state index in [4.69, 9.17) is 0 Å². The number of halogens is 3. The molecule has 0 spiro atoms. The van der Waals surface area contributed by atoms with Gasteiger partial charge in [-0.15, -0.1) is 0 Å². The van der Waals surface area contributed by atoms with Crippen LogP contribution in [0, 0.1) is 0 Å². The van der Waals surface area contributed by atoms with Crippen LogP contribution in [0.3, 0.4) is 0 Å². The van der Waals surface area contributed by atoms with Gasteiger partial charge in [0.1, 0.15) is 10.6 Å². The summed E-state index contributed by atoms with van der Waals surface area (Å²) in [6.07, 6.45) is 3.03. The molecule has 2 aromatic rings. The van der Waals surface area contributed by atoms with Crippen LogP contribution in [0.5, 0.6) is 5.75 Å². The van der Waals surface area contributed by atoms with Gasteiger partial charge in [-0.1, -0.05) is 18.2 Å². The molecule has 1 fully saturated rings. The summed E-state index contributed by atoms with van der Waals surface area (Å²) in [5.41, 5.74) is -5.13. The maximum Gasteiger partial charge on any atom is 0.502 e. The van der Waals surface area contributed by atoms with Gasteiger partial charge in [0.2, 0.25) is 0 Å². The van der Waals surface area contributed by atoms with Crippen LogP contribution in [0.1, 0.15) is 31.0 Å². The van der Waals surface area contributed by atoms with Crippen LogP contribution in [0.2, 0.25) is 0 Å². The van der Waals surface area contributed by atoms with Crippen molar-refractivity contribution < 1.29 is 26.7 Å². The van der Waals surface area contributed by atoms with E-state index in [-0.39, 0.29) is 17.6 Å². The molecule has 2 N–H and O–H groups in total. The zero-order valence-electron chi connectivity index (χ0n) is 15.9. The third-order valence-corrected chi connectivity index (χ3v) is 6.63. The van der Waals surface area contributed by atoms with Crippen LogP contribution in [0.4, 0.5) is 13.2 Å². The van der Waals surface area contributed by atoms with Crippen molar-refractivity contribution in [2.45, 2.75) is 42.4 Å². The standard InChI is InChI=1S/C19H22F3N3O3S/c1-12-11-25(13(2)9-24-12)17(14-5-4-8-23-10-14)15-6-3-7-16(26)18(15)29(27,28)19(20,21)22/h3-8,10,12-13,17,24,26H,9,11H2,1-2H3/t12-,13+,17+/m1/s1. The van der Waals surface area contributed by atoms with Crippen molar-refractivity contribution in [2.75, 3.05) is 13.1 Å². The first kappa shape index (κ1) is 21.5. The van der Waals surface area contributed by atoms with Crippen LogP contribution in [-0.2, 0) is 9.84 Å². The summed E-state index contributed by atoms with van der Waals surface area (Å²) < 4.78 is 64.8. The second-order valence-corrected chi connectivity index (χ2v) is 9.07. The van der Waals surface area contributed by atoms with Crippen molar-refractivity contribution >= 4 is 9.84 Å². The minimum Gasteiger partial charge on any atom is -0.507 e. The second kappa shape index (κ2) is 7.92. The number of alkyl halides is 3. The van der Waals surface area contributed by atoms with Gasteiger partial charge in [-0.05, 0) is 37.1 Å². The van der Waals surface area contributed by atoms with E-state index in [2.05, 4.69) is 10.3 Å². The molecule has 158 valence electrons. The van der Waals surface area contributed by atoms with Gasteiger partial charge < -0.3 is 10.4 Å². The molecule has 2 heterocycles. The molecule has 3 atom stereocenters. The van der Waals surface area contributed by atoms with E-state index in [9.17, 15) is 26.7 Å². The fourth-order valence-electron chi connectivity index (χ4n) is 3.66. The third kappa shape index (κ3) is 4.10. The molecule has 1 aliphatic rings. The third-order valence-electron chi connectivity index (χ3n) is 5.04. The predicted molar refractivity (Wildman–Crippen MR) is 101 cm³/mol. The van der Waals surface area contributed by atoms with E-state index >= 15 is 0 Å². The normalized spacial score (nSPS) is 22.4. The Morgan fingerprint density at radius 2 is 1.97 bits per heavy atom. The van der Waals surface area contributed by atoms with E-state index in [1.807, 2.05) is 18.7 Å². The van der Waals surface area contributed by atoms with Crippen LogP contribution < -0.4 is 5.32 Å². The second-order valence-electron chi connectivity index (χ2n) is 7.19. The number of piperazine rings is 1. The molecule has 6 nitrogen and oxygen atoms in total. The van der Waals surface area contributed by atoms with Crippen LogP contribution >= 0.6 is 0 Å². The number of nitrogens with one attached hydrogen (secondary N) is 1. The number of rotatable bonds is 4. The van der Waals surface area contributed by atoms with E-state index in [1.54, 1.807) is 12.1 Å². The summed E-state index contributed by atoms with van der Waals surface area (Å²) in [6, 6.07) is 6.05. The average molecular weight is 429 g/mol. The molecular weight excluding hydrogens is 407 g/mol. The van der Waals surface area contributed by atoms with Gasteiger partial charge in [-0.2, -0.15) is 13.2 Å². The van der Waals surface area contributed by atoms with Gasteiger partial charge in [0, 0.05) is 37.6 Å². The molecule has 0 aliphatic carbocycles. The number of phenolic OH excluding ortho intramolecular Hbond substituents is 1. The summed E-state index contributed by atoms with van der Waals surface area (Å²) in [5, 5.41) is 13.5. The number of sulfone groups is 1. The first-order valence-corrected chi connectivity index (χ1v) is 10.5. The number of benzene rings is 1. The molecule has 10 heteroatoms. The zero-order chi connectivity index (χ0) is 21.4. The van der Waals surface area contributed by atoms with E-state index in [0.717, 1.165) is 6.07 Å². The van der Waals surface area contributed by atoms with Crippen LogP contribution in [-0.4, -0.2) is 54.1 Å². The van der Waals surface area contributed by atoms with Crippen molar-refractivity contribution in [3.63, 3.8) is 0 Å². The Morgan fingerprint density at radius 3 is 2.59 bits per heavy atom. The number of aromatic hydroxyl groups is 1. The highest BCUT2D eigenvalue weighted by Gasteiger charge is 2.50. The molecule has 1 aromatic heterocycles. The number of nitrogens with zero attached hydrogens (tertiary/aromatic N) is 2. The van der Waals surface area contributed by atoms with Crippen LogP contribution in [0.15, 0.2) is 47.6 Å². The molecule has 1 saturated heterocycles. The van der Waals surface area contributed by atoms with Gasteiger partial charge in [-0.3, -0.25) is 9.88 Å². The van der Waals surface area contributed by atoms with Crippen molar-refractivity contribution in [2.24, 2.45) is 0 Å². The van der Waals surface area contributed by atoms with Crippen LogP contribution in [0.25, 0.3) is 0 Å². The molecular formula is C19H22F3N3O3S. The lowest BCUT2D eigenvalue weighted by atomic mass is 9.95. The van der Waals surface area contributed by atoms with Gasteiger partial charge in [0.15, 0.2) is 0 Å². The zero-order valence-corrected chi connectivity index (χ0v) is 16.7. The first-order valence-electron chi connectivity index (χ1n) is 9.06. The highest BCUT2D eigenvalue weighted by Crippen LogP contribution is 2.43. The fourth-order valence-corrected chi connectivity index (χ4v) is 4.73. The minimum atomic E-state index is -5.77. The Balaban J connectivity index is 2.27. The van der Waals surface area contributed by atoms with E-state index in [1.165, 1.54) is 24.5 Å². The topological polar surface area (TPSA) is 82.5 Å². The van der Waals surface area contributed by atoms with E-state index < -0.39 is 32.0 Å². The smallest absolute Gasteiger partial charge is 0.502 e. The number of pyridine rings is 1. The lowest BCUT2D eigenvalue weighted by Crippen LogP contribution is -2.55. The van der Waals surface area contributed by atoms with Crippen molar-refractivity contribution in [1.29, 1.82) is 0 Å². The minimum absolute atomic E-state index is 0.0466. The number of hydrogen-bond acceptors (Lipinski definition) is 6. The monoisotopic (exact) mass is 429 g/mol. The van der Waals surface area contributed by atoms with Crippen molar-refractivity contribution in [3.05, 3.63) is 53.9 Å². The Morgan fingerprint density at radius 1 is 1.24 bits per heavy atom. The largest absolute Gasteiger partial charge is 0.507 e. The van der Waals surface area contributed by atoms with Gasteiger partial charge in [-0.25, -0.2) is 8.42 Å². The Labute approximate surface area is 167 Å². The molecule has 3 rings (SSSR count). The Hall–Kier alpha value is -2.17. The maximum absolute atomic E-state index is 13.4. The lowest BCUT2D eigenvalue weighted by molar-refractivity contribution is -0.0438. The number of hydrogen-bond donors (Lipinski definition) is 2. The molecule has 1 aromatic carbocycles. The lowest BCUT2D eigenvalue weighted by Gasteiger charge is -2.43. The molecule has 0 bridgehead atoms. The molecule has 0 unspecified atom stereocenters. The van der Waals surface area contributed by atoms with E-state index in [0.29, 0.717) is 18.7 Å². The van der Waals surface area contributed by atoms with Gasteiger partial charge in [0.25, 0.3) is 9.84 Å². The maximum atomic E-state index is 13.4.